The highest BCUT2D eigenvalue weighted by Crippen LogP contribution is 1.94. The van der Waals surface area contributed by atoms with Crippen molar-refractivity contribution >= 4 is 11.9 Å². The number of amides is 1. The summed E-state index contributed by atoms with van der Waals surface area (Å²) < 4.78 is 6.21. The van der Waals surface area contributed by atoms with Crippen LogP contribution >= 0.6 is 0 Å². The lowest BCUT2D eigenvalue weighted by atomic mass is 10.4. The van der Waals surface area contributed by atoms with E-state index in [0.717, 1.165) is 0 Å². The van der Waals surface area contributed by atoms with Gasteiger partial charge in [0.1, 0.15) is 19.2 Å². The Balaban J connectivity index is 2.29. The molecule has 0 fully saturated rings. The Bertz CT molecular complexity index is 364. The van der Waals surface area contributed by atoms with Gasteiger partial charge in [-0.25, -0.2) is 9.67 Å². The highest BCUT2D eigenvalue weighted by atomic mass is 16.5. The molecule has 0 bridgehead atoms. The largest absolute Gasteiger partial charge is 0.466 e. The number of esters is 1. The van der Waals surface area contributed by atoms with Gasteiger partial charge in [-0.1, -0.05) is 0 Å². The molecule has 94 valence electrons. The first-order valence-corrected chi connectivity index (χ1v) is 5.35. The maximum absolute atomic E-state index is 11.7. The monoisotopic (exact) mass is 240 g/mol. The van der Waals surface area contributed by atoms with Crippen LogP contribution in [0.5, 0.6) is 0 Å². The summed E-state index contributed by atoms with van der Waals surface area (Å²) in [4.78, 5) is 28.0. The van der Waals surface area contributed by atoms with Crippen molar-refractivity contribution in [2.24, 2.45) is 0 Å². The number of rotatable bonds is 6. The van der Waals surface area contributed by atoms with Gasteiger partial charge in [0.05, 0.1) is 13.0 Å². The van der Waals surface area contributed by atoms with Crippen molar-refractivity contribution in [2.75, 3.05) is 20.2 Å². The van der Waals surface area contributed by atoms with Gasteiger partial charge in [0.2, 0.25) is 5.91 Å². The number of likely N-dealkylation sites (N-methyl/N-ethyl adjacent to an activating group) is 1. The molecule has 0 aliphatic heterocycles. The van der Waals surface area contributed by atoms with Crippen molar-refractivity contribution in [1.29, 1.82) is 0 Å². The van der Waals surface area contributed by atoms with E-state index in [9.17, 15) is 9.59 Å². The van der Waals surface area contributed by atoms with Crippen LogP contribution in [0.2, 0.25) is 0 Å². The molecular formula is C10H16N4O3. The van der Waals surface area contributed by atoms with Crippen LogP contribution in [0, 0.1) is 0 Å². The van der Waals surface area contributed by atoms with E-state index in [4.69, 9.17) is 4.74 Å². The minimum absolute atomic E-state index is 0.124. The second-order valence-corrected chi connectivity index (χ2v) is 3.46. The normalized spacial score (nSPS) is 10.0. The van der Waals surface area contributed by atoms with Crippen LogP contribution in [0.1, 0.15) is 13.3 Å². The second-order valence-electron chi connectivity index (χ2n) is 3.46. The van der Waals surface area contributed by atoms with Crippen LogP contribution < -0.4 is 0 Å². The smallest absolute Gasteiger partial charge is 0.307 e. The van der Waals surface area contributed by atoms with Crippen LogP contribution in [0.3, 0.4) is 0 Å². The fraction of sp³-hybridized carbons (Fsp3) is 0.600. The third kappa shape index (κ3) is 4.62. The minimum Gasteiger partial charge on any atom is -0.466 e. The molecule has 1 amide bonds. The van der Waals surface area contributed by atoms with E-state index < -0.39 is 0 Å². The van der Waals surface area contributed by atoms with E-state index in [0.29, 0.717) is 13.2 Å². The molecule has 0 unspecified atom stereocenters. The fourth-order valence-electron chi connectivity index (χ4n) is 1.19. The zero-order chi connectivity index (χ0) is 12.7. The Kier molecular flexibility index (Phi) is 5.12. The number of hydrogen-bond donors (Lipinski definition) is 0. The van der Waals surface area contributed by atoms with E-state index >= 15 is 0 Å². The van der Waals surface area contributed by atoms with Crippen LogP contribution in [0.15, 0.2) is 12.7 Å². The molecule has 1 heterocycles. The number of carbonyl (C=O) groups is 2. The predicted octanol–water partition coefficient (Wildman–Crippen LogP) is -0.310. The van der Waals surface area contributed by atoms with Crippen molar-refractivity contribution in [3.05, 3.63) is 12.7 Å². The van der Waals surface area contributed by atoms with Crippen molar-refractivity contribution in [3.8, 4) is 0 Å². The first kappa shape index (κ1) is 13.1. The van der Waals surface area contributed by atoms with Crippen molar-refractivity contribution in [2.45, 2.75) is 19.9 Å². The number of carbonyl (C=O) groups excluding carboxylic acids is 2. The maximum Gasteiger partial charge on any atom is 0.307 e. The van der Waals surface area contributed by atoms with E-state index in [1.54, 1.807) is 14.0 Å². The number of ether oxygens (including phenoxy) is 1. The summed E-state index contributed by atoms with van der Waals surface area (Å²) in [5.41, 5.74) is 0. The molecule has 0 radical (unpaired) electrons. The summed E-state index contributed by atoms with van der Waals surface area (Å²) in [6.45, 7) is 2.57. The quantitative estimate of drug-likeness (QED) is 0.637. The van der Waals surface area contributed by atoms with Crippen molar-refractivity contribution in [3.63, 3.8) is 0 Å². The lowest BCUT2D eigenvalue weighted by Gasteiger charge is -2.16. The summed E-state index contributed by atoms with van der Waals surface area (Å²) in [6, 6.07) is 0. The van der Waals surface area contributed by atoms with Crippen LogP contribution in [0.25, 0.3) is 0 Å². The minimum atomic E-state index is -0.298. The molecule has 0 saturated carbocycles. The Morgan fingerprint density at radius 3 is 2.82 bits per heavy atom. The number of hydrogen-bond acceptors (Lipinski definition) is 5. The summed E-state index contributed by atoms with van der Waals surface area (Å²) >= 11 is 0. The van der Waals surface area contributed by atoms with Crippen LogP contribution in [-0.2, 0) is 20.9 Å². The van der Waals surface area contributed by atoms with Gasteiger partial charge >= 0.3 is 5.97 Å². The molecule has 7 nitrogen and oxygen atoms in total. The van der Waals surface area contributed by atoms with Gasteiger partial charge in [-0.05, 0) is 6.92 Å². The van der Waals surface area contributed by atoms with E-state index in [1.165, 1.54) is 22.2 Å². The highest BCUT2D eigenvalue weighted by Gasteiger charge is 2.11. The van der Waals surface area contributed by atoms with Crippen LogP contribution in [-0.4, -0.2) is 51.7 Å². The zero-order valence-corrected chi connectivity index (χ0v) is 10.00. The molecule has 1 rings (SSSR count). The highest BCUT2D eigenvalue weighted by molar-refractivity contribution is 5.76. The second kappa shape index (κ2) is 6.62. The summed E-state index contributed by atoms with van der Waals surface area (Å²) in [5, 5.41) is 3.83. The van der Waals surface area contributed by atoms with Gasteiger partial charge < -0.3 is 9.64 Å². The molecule has 0 aliphatic rings. The third-order valence-electron chi connectivity index (χ3n) is 2.15. The summed E-state index contributed by atoms with van der Waals surface area (Å²) in [6.07, 6.45) is 3.04. The van der Waals surface area contributed by atoms with Crippen molar-refractivity contribution in [1.82, 2.24) is 19.7 Å². The number of aromatic nitrogens is 3. The number of nitrogens with zero attached hydrogens (tertiary/aromatic N) is 4. The summed E-state index contributed by atoms with van der Waals surface area (Å²) in [7, 11) is 1.64. The van der Waals surface area contributed by atoms with Gasteiger partial charge in [-0.3, -0.25) is 9.59 Å². The first-order chi connectivity index (χ1) is 8.13. The molecule has 1 aromatic heterocycles. The van der Waals surface area contributed by atoms with E-state index in [-0.39, 0.29) is 24.8 Å². The average molecular weight is 240 g/mol. The van der Waals surface area contributed by atoms with Gasteiger partial charge in [-0.15, -0.1) is 0 Å². The Morgan fingerprint density at radius 2 is 2.24 bits per heavy atom. The lowest BCUT2D eigenvalue weighted by Crippen LogP contribution is -2.32. The van der Waals surface area contributed by atoms with Gasteiger partial charge in [0, 0.05) is 13.6 Å². The Labute approximate surface area is 99.4 Å². The van der Waals surface area contributed by atoms with Crippen LogP contribution in [0.4, 0.5) is 0 Å². The average Bonchev–Trinajstić information content (AvgIpc) is 2.79. The Hall–Kier alpha value is -1.92. The molecule has 0 aromatic carbocycles. The molecule has 0 aliphatic carbocycles. The molecular weight excluding hydrogens is 224 g/mol. The predicted molar refractivity (Wildman–Crippen MR) is 58.9 cm³/mol. The van der Waals surface area contributed by atoms with Gasteiger partial charge in [0.15, 0.2) is 0 Å². The maximum atomic E-state index is 11.7. The summed E-state index contributed by atoms with van der Waals surface area (Å²) in [5.74, 6) is -0.423. The van der Waals surface area contributed by atoms with Gasteiger partial charge in [-0.2, -0.15) is 5.10 Å². The van der Waals surface area contributed by atoms with E-state index in [1.807, 2.05) is 0 Å². The van der Waals surface area contributed by atoms with Gasteiger partial charge in [0.25, 0.3) is 0 Å². The molecule has 7 heteroatoms. The first-order valence-electron chi connectivity index (χ1n) is 5.35. The van der Waals surface area contributed by atoms with Crippen molar-refractivity contribution < 1.29 is 14.3 Å². The Morgan fingerprint density at radius 1 is 1.47 bits per heavy atom. The third-order valence-corrected chi connectivity index (χ3v) is 2.15. The zero-order valence-electron chi connectivity index (χ0n) is 10.00. The SMILES string of the molecule is CCOC(=O)CCN(C)C(=O)Cn1cncn1. The molecule has 0 saturated heterocycles. The molecule has 1 aromatic rings. The van der Waals surface area contributed by atoms with E-state index in [2.05, 4.69) is 10.1 Å². The molecule has 0 atom stereocenters. The molecule has 0 spiro atoms. The molecule has 0 N–H and O–H groups in total. The fourth-order valence-corrected chi connectivity index (χ4v) is 1.19. The standard InChI is InChI=1S/C10H16N4O3/c1-3-17-10(16)4-5-13(2)9(15)6-14-8-11-7-12-14/h7-8H,3-6H2,1-2H3. The molecule has 17 heavy (non-hydrogen) atoms. The topological polar surface area (TPSA) is 77.3 Å². The lowest BCUT2D eigenvalue weighted by molar-refractivity contribution is -0.143.